The van der Waals surface area contributed by atoms with Crippen LogP contribution in [0.4, 0.5) is 15.9 Å². The molecule has 1 heterocycles. The van der Waals surface area contributed by atoms with E-state index >= 15 is 0 Å². The molecule has 0 bridgehead atoms. The molecular formula is C15H18FN3. The Morgan fingerprint density at radius 1 is 1.21 bits per heavy atom. The van der Waals surface area contributed by atoms with Crippen molar-refractivity contribution in [2.45, 2.75) is 13.5 Å². The van der Waals surface area contributed by atoms with E-state index in [1.54, 1.807) is 17.0 Å². The summed E-state index contributed by atoms with van der Waals surface area (Å²) in [6, 6.07) is 10.6. The van der Waals surface area contributed by atoms with Crippen LogP contribution < -0.4 is 10.2 Å². The van der Waals surface area contributed by atoms with E-state index in [9.17, 15) is 4.39 Å². The highest BCUT2D eigenvalue weighted by molar-refractivity contribution is 5.60. The summed E-state index contributed by atoms with van der Waals surface area (Å²) >= 11 is 0. The fourth-order valence-corrected chi connectivity index (χ4v) is 1.99. The molecular weight excluding hydrogens is 241 g/mol. The van der Waals surface area contributed by atoms with E-state index in [0.29, 0.717) is 5.69 Å². The Kier molecular flexibility index (Phi) is 4.12. The lowest BCUT2D eigenvalue weighted by molar-refractivity contribution is 0.627. The molecule has 1 aromatic heterocycles. The summed E-state index contributed by atoms with van der Waals surface area (Å²) in [5.74, 6) is 0.492. The first-order valence-electron chi connectivity index (χ1n) is 6.23. The monoisotopic (exact) mass is 259 g/mol. The molecule has 0 aliphatic rings. The van der Waals surface area contributed by atoms with Gasteiger partial charge in [-0.05, 0) is 37.7 Å². The number of anilines is 2. The second-order valence-corrected chi connectivity index (χ2v) is 4.45. The molecule has 0 aliphatic carbocycles. The first kappa shape index (κ1) is 13.5. The van der Waals surface area contributed by atoms with Gasteiger partial charge in [0.15, 0.2) is 0 Å². The molecule has 0 amide bonds. The van der Waals surface area contributed by atoms with Crippen LogP contribution in [0.25, 0.3) is 0 Å². The van der Waals surface area contributed by atoms with Gasteiger partial charge in [0.05, 0.1) is 5.69 Å². The normalized spacial score (nSPS) is 10.5. The predicted molar refractivity (Wildman–Crippen MR) is 76.2 cm³/mol. The summed E-state index contributed by atoms with van der Waals surface area (Å²) in [5, 5.41) is 3.10. The van der Waals surface area contributed by atoms with Gasteiger partial charge in [-0.3, -0.25) is 0 Å². The van der Waals surface area contributed by atoms with E-state index in [-0.39, 0.29) is 5.82 Å². The van der Waals surface area contributed by atoms with E-state index < -0.39 is 0 Å². The second kappa shape index (κ2) is 5.80. The maximum atomic E-state index is 13.7. The van der Waals surface area contributed by atoms with Gasteiger partial charge in [-0.15, -0.1) is 0 Å². The number of nitrogens with one attached hydrogen (secondary N) is 1. The lowest BCUT2D eigenvalue weighted by Gasteiger charge is -2.20. The molecule has 0 saturated carbocycles. The lowest BCUT2D eigenvalue weighted by Crippen LogP contribution is -2.14. The number of aromatic nitrogens is 1. The van der Waals surface area contributed by atoms with Crippen LogP contribution in [-0.4, -0.2) is 19.1 Å². The summed E-state index contributed by atoms with van der Waals surface area (Å²) in [7, 11) is 3.72. The van der Waals surface area contributed by atoms with Crippen molar-refractivity contribution in [1.29, 1.82) is 0 Å². The molecule has 3 nitrogen and oxygen atoms in total. The van der Waals surface area contributed by atoms with Crippen LogP contribution >= 0.6 is 0 Å². The number of hydrogen-bond acceptors (Lipinski definition) is 3. The first-order valence-corrected chi connectivity index (χ1v) is 6.23. The molecule has 0 saturated heterocycles. The fourth-order valence-electron chi connectivity index (χ4n) is 1.99. The Morgan fingerprint density at radius 3 is 2.58 bits per heavy atom. The van der Waals surface area contributed by atoms with Crippen molar-refractivity contribution in [3.63, 3.8) is 0 Å². The molecule has 1 N–H and O–H groups in total. The Bertz CT molecular complexity index is 569. The highest BCUT2D eigenvalue weighted by Crippen LogP contribution is 2.25. The van der Waals surface area contributed by atoms with Gasteiger partial charge in [0.1, 0.15) is 11.6 Å². The third kappa shape index (κ3) is 2.90. The zero-order chi connectivity index (χ0) is 13.8. The summed E-state index contributed by atoms with van der Waals surface area (Å²) < 4.78 is 13.7. The quantitative estimate of drug-likeness (QED) is 0.914. The van der Waals surface area contributed by atoms with Crippen LogP contribution in [0.5, 0.6) is 0 Å². The topological polar surface area (TPSA) is 28.2 Å². The fraction of sp³-hybridized carbons (Fsp3) is 0.267. The average molecular weight is 259 g/mol. The highest BCUT2D eigenvalue weighted by Gasteiger charge is 2.10. The van der Waals surface area contributed by atoms with Crippen LogP contribution in [0.15, 0.2) is 36.4 Å². The Balaban J connectivity index is 2.32. The molecule has 0 aliphatic heterocycles. The molecule has 0 spiro atoms. The molecule has 4 heteroatoms. The number of nitrogens with zero attached hydrogens (tertiary/aromatic N) is 2. The SMILES string of the molecule is CNCc1ccc(N(C)c2ccccc2F)nc1C. The van der Waals surface area contributed by atoms with Crippen LogP contribution in [0.1, 0.15) is 11.3 Å². The minimum atomic E-state index is -0.247. The Morgan fingerprint density at radius 2 is 1.95 bits per heavy atom. The Labute approximate surface area is 113 Å². The van der Waals surface area contributed by atoms with Gasteiger partial charge < -0.3 is 10.2 Å². The van der Waals surface area contributed by atoms with Crippen molar-refractivity contribution in [3.8, 4) is 0 Å². The van der Waals surface area contributed by atoms with E-state index in [1.807, 2.05) is 39.2 Å². The van der Waals surface area contributed by atoms with Crippen LogP contribution in [0.3, 0.4) is 0 Å². The van der Waals surface area contributed by atoms with Crippen LogP contribution in [-0.2, 0) is 6.54 Å². The van der Waals surface area contributed by atoms with Crippen molar-refractivity contribution in [3.05, 3.63) is 53.5 Å². The van der Waals surface area contributed by atoms with E-state index in [0.717, 1.165) is 23.6 Å². The van der Waals surface area contributed by atoms with Crippen molar-refractivity contribution in [2.24, 2.45) is 0 Å². The number of benzene rings is 1. The maximum Gasteiger partial charge on any atom is 0.146 e. The van der Waals surface area contributed by atoms with Gasteiger partial charge in [0.2, 0.25) is 0 Å². The number of rotatable bonds is 4. The van der Waals surface area contributed by atoms with Gasteiger partial charge in [-0.2, -0.15) is 0 Å². The third-order valence-corrected chi connectivity index (χ3v) is 3.11. The lowest BCUT2D eigenvalue weighted by atomic mass is 10.2. The predicted octanol–water partition coefficient (Wildman–Crippen LogP) is 3.02. The van der Waals surface area contributed by atoms with Crippen molar-refractivity contribution >= 4 is 11.5 Å². The van der Waals surface area contributed by atoms with E-state index in [1.165, 1.54) is 6.07 Å². The van der Waals surface area contributed by atoms with Gasteiger partial charge >= 0.3 is 0 Å². The largest absolute Gasteiger partial charge is 0.327 e. The molecule has 0 radical (unpaired) electrons. The van der Waals surface area contributed by atoms with E-state index in [4.69, 9.17) is 0 Å². The smallest absolute Gasteiger partial charge is 0.146 e. The summed E-state index contributed by atoms with van der Waals surface area (Å²) in [6.45, 7) is 2.74. The molecule has 1 aromatic carbocycles. The minimum absolute atomic E-state index is 0.247. The standard InChI is InChI=1S/C15H18FN3/c1-11-12(10-17-2)8-9-15(18-11)19(3)14-7-5-4-6-13(14)16/h4-9,17H,10H2,1-3H3. The number of aryl methyl sites for hydroxylation is 1. The number of hydrogen-bond donors (Lipinski definition) is 1. The van der Waals surface area contributed by atoms with Crippen molar-refractivity contribution in [1.82, 2.24) is 10.3 Å². The number of para-hydroxylation sites is 1. The summed E-state index contributed by atoms with van der Waals surface area (Å²) in [4.78, 5) is 6.28. The number of pyridine rings is 1. The first-order chi connectivity index (χ1) is 9.13. The molecule has 0 fully saturated rings. The molecule has 19 heavy (non-hydrogen) atoms. The Hall–Kier alpha value is -1.94. The molecule has 2 rings (SSSR count). The summed E-state index contributed by atoms with van der Waals surface area (Å²) in [6.07, 6.45) is 0. The maximum absolute atomic E-state index is 13.7. The number of halogens is 1. The second-order valence-electron chi connectivity index (χ2n) is 4.45. The molecule has 0 atom stereocenters. The van der Waals surface area contributed by atoms with Gasteiger partial charge in [-0.1, -0.05) is 18.2 Å². The van der Waals surface area contributed by atoms with Gasteiger partial charge in [0, 0.05) is 19.3 Å². The van der Waals surface area contributed by atoms with Gasteiger partial charge in [0.25, 0.3) is 0 Å². The summed E-state index contributed by atoms with van der Waals surface area (Å²) in [5.41, 5.74) is 2.62. The zero-order valence-corrected chi connectivity index (χ0v) is 11.4. The van der Waals surface area contributed by atoms with Gasteiger partial charge in [-0.25, -0.2) is 9.37 Å². The molecule has 0 unspecified atom stereocenters. The van der Waals surface area contributed by atoms with Crippen LogP contribution in [0, 0.1) is 12.7 Å². The van der Waals surface area contributed by atoms with Crippen molar-refractivity contribution < 1.29 is 4.39 Å². The van der Waals surface area contributed by atoms with Crippen molar-refractivity contribution in [2.75, 3.05) is 19.0 Å². The zero-order valence-electron chi connectivity index (χ0n) is 11.4. The molecule has 2 aromatic rings. The third-order valence-electron chi connectivity index (χ3n) is 3.11. The molecule has 100 valence electrons. The average Bonchev–Trinajstić information content (AvgIpc) is 2.41. The highest BCUT2D eigenvalue weighted by atomic mass is 19.1. The van der Waals surface area contributed by atoms with E-state index in [2.05, 4.69) is 10.3 Å². The minimum Gasteiger partial charge on any atom is -0.327 e. The van der Waals surface area contributed by atoms with Crippen LogP contribution in [0.2, 0.25) is 0 Å².